The zero-order valence-corrected chi connectivity index (χ0v) is 13.5. The van der Waals surface area contributed by atoms with E-state index < -0.39 is 33.0 Å². The van der Waals surface area contributed by atoms with Gasteiger partial charge in [0.1, 0.15) is 5.75 Å². The third-order valence-electron chi connectivity index (χ3n) is 2.50. The maximum atomic E-state index is 13.3. The Morgan fingerprint density at radius 2 is 1.79 bits per heavy atom. The number of ether oxygens (including phenoxy) is 1. The molecule has 0 N–H and O–H groups in total. The topological polar surface area (TPSA) is 49.0 Å². The standard InChI is InChI=1S/C11H6Cl2F5N3O2S/c12-8(13)24-9-19-21(18)10(22)20(9)5-1-3-6(4-2-5)23-7(14)11(15,16)17/h1-4,7-8H. The molecule has 0 aliphatic rings. The largest absolute Gasteiger partial charge is 0.457 e. The lowest BCUT2D eigenvalue weighted by Gasteiger charge is -2.14. The summed E-state index contributed by atoms with van der Waals surface area (Å²) in [6, 6.07) is 4.18. The fourth-order valence-corrected chi connectivity index (χ4v) is 2.61. The van der Waals surface area contributed by atoms with Crippen molar-refractivity contribution in [1.82, 2.24) is 14.6 Å². The van der Waals surface area contributed by atoms with E-state index in [1.165, 1.54) is 0 Å². The van der Waals surface area contributed by atoms with Crippen molar-refractivity contribution in [3.8, 4) is 11.4 Å². The van der Waals surface area contributed by atoms with Crippen molar-refractivity contribution in [3.63, 3.8) is 0 Å². The predicted octanol–water partition coefficient (Wildman–Crippen LogP) is 3.86. The van der Waals surface area contributed by atoms with Gasteiger partial charge in [-0.15, -0.1) is 5.10 Å². The molecule has 1 aromatic heterocycles. The average molecular weight is 410 g/mol. The van der Waals surface area contributed by atoms with Gasteiger partial charge in [-0.1, -0.05) is 27.7 Å². The minimum absolute atomic E-state index is 0.0372. The van der Waals surface area contributed by atoms with Gasteiger partial charge in [-0.25, -0.2) is 9.36 Å². The summed E-state index contributed by atoms with van der Waals surface area (Å²) in [6.07, 6.45) is -8.68. The second-order valence-corrected chi connectivity index (χ2v) is 6.79. The first-order chi connectivity index (χ1) is 11.1. The van der Waals surface area contributed by atoms with Gasteiger partial charge in [0.15, 0.2) is 4.17 Å². The normalized spacial score (nSPS) is 13.3. The van der Waals surface area contributed by atoms with Crippen LogP contribution in [0.5, 0.6) is 5.75 Å². The van der Waals surface area contributed by atoms with Gasteiger partial charge in [0.2, 0.25) is 5.16 Å². The molecule has 0 saturated heterocycles. The molecule has 0 spiro atoms. The minimum Gasteiger partial charge on any atom is -0.452 e. The Bertz CT molecular complexity index is 763. The molecule has 0 bridgehead atoms. The van der Waals surface area contributed by atoms with Crippen LogP contribution in [0, 0.1) is 0 Å². The van der Waals surface area contributed by atoms with Crippen LogP contribution in [-0.4, -0.2) is 31.3 Å². The van der Waals surface area contributed by atoms with Gasteiger partial charge in [0.25, 0.3) is 0 Å². The highest BCUT2D eigenvalue weighted by molar-refractivity contribution is 8.02. The first kappa shape index (κ1) is 18.9. The minimum atomic E-state index is -5.18. The summed E-state index contributed by atoms with van der Waals surface area (Å²) >= 11 is 11.7. The van der Waals surface area contributed by atoms with Crippen LogP contribution in [0.15, 0.2) is 34.2 Å². The van der Waals surface area contributed by atoms with Crippen LogP contribution in [-0.2, 0) is 0 Å². The van der Waals surface area contributed by atoms with Crippen molar-refractivity contribution < 1.29 is 26.8 Å². The Labute approximate surface area is 144 Å². The number of aromatic nitrogens is 3. The summed E-state index contributed by atoms with van der Waals surface area (Å²) in [6.45, 7) is 0. The molecular formula is C11H6Cl2F5N3O2S. The van der Waals surface area contributed by atoms with Crippen LogP contribution < -0.4 is 10.4 Å². The lowest BCUT2D eigenvalue weighted by atomic mass is 10.3. The van der Waals surface area contributed by atoms with Gasteiger partial charge in [0, 0.05) is 0 Å². The van der Waals surface area contributed by atoms with Gasteiger partial charge in [0.05, 0.1) is 5.69 Å². The molecule has 0 aliphatic heterocycles. The molecule has 1 atom stereocenters. The van der Waals surface area contributed by atoms with E-state index in [4.69, 9.17) is 23.2 Å². The van der Waals surface area contributed by atoms with Gasteiger partial charge >= 0.3 is 18.2 Å². The Hall–Kier alpha value is -1.46. The summed E-state index contributed by atoms with van der Waals surface area (Å²) in [7, 11) is 0. The zero-order chi connectivity index (χ0) is 18.1. The lowest BCUT2D eigenvalue weighted by molar-refractivity contribution is -0.236. The molecule has 24 heavy (non-hydrogen) atoms. The number of thioether (sulfide) groups is 1. The molecule has 0 saturated carbocycles. The molecule has 0 fully saturated rings. The predicted molar refractivity (Wildman–Crippen MR) is 77.3 cm³/mol. The van der Waals surface area contributed by atoms with Crippen LogP contribution in [0.25, 0.3) is 5.69 Å². The molecule has 5 nitrogen and oxygen atoms in total. The first-order valence-electron chi connectivity index (χ1n) is 5.90. The summed E-state index contributed by atoms with van der Waals surface area (Å²) < 4.78 is 66.1. The van der Waals surface area contributed by atoms with Crippen molar-refractivity contribution in [1.29, 1.82) is 0 Å². The molecule has 1 heterocycles. The molecule has 132 valence electrons. The molecule has 2 aromatic rings. The third-order valence-corrected chi connectivity index (χ3v) is 3.69. The van der Waals surface area contributed by atoms with Crippen LogP contribution in [0.3, 0.4) is 0 Å². The van der Waals surface area contributed by atoms with E-state index in [0.29, 0.717) is 11.8 Å². The van der Waals surface area contributed by atoms with Gasteiger partial charge in [-0.3, -0.25) is 0 Å². The first-order valence-corrected chi connectivity index (χ1v) is 7.66. The summed E-state index contributed by atoms with van der Waals surface area (Å²) in [4.78, 5) is 11.3. The van der Waals surface area contributed by atoms with Crippen LogP contribution in [0.4, 0.5) is 22.0 Å². The molecule has 13 heteroatoms. The Morgan fingerprint density at radius 1 is 1.21 bits per heavy atom. The van der Waals surface area contributed by atoms with Crippen molar-refractivity contribution >= 4 is 35.0 Å². The van der Waals surface area contributed by atoms with Crippen molar-refractivity contribution in [2.45, 2.75) is 21.9 Å². The monoisotopic (exact) mass is 409 g/mol. The average Bonchev–Trinajstić information content (AvgIpc) is 2.73. The zero-order valence-electron chi connectivity index (χ0n) is 11.2. The van der Waals surface area contributed by atoms with Gasteiger partial charge in [-0.05, 0) is 40.9 Å². The lowest BCUT2D eigenvalue weighted by Crippen LogP contribution is -2.29. The summed E-state index contributed by atoms with van der Waals surface area (Å²) in [5.74, 6) is -0.439. The number of nitrogens with zero attached hydrogens (tertiary/aromatic N) is 3. The maximum absolute atomic E-state index is 13.3. The van der Waals surface area contributed by atoms with Gasteiger partial charge < -0.3 is 4.74 Å². The van der Waals surface area contributed by atoms with E-state index in [2.05, 4.69) is 9.84 Å². The number of hydrogen-bond acceptors (Lipinski definition) is 4. The highest BCUT2D eigenvalue weighted by Gasteiger charge is 2.42. The molecule has 0 radical (unpaired) electrons. The van der Waals surface area contributed by atoms with E-state index in [1.807, 2.05) is 0 Å². The molecule has 2 rings (SSSR count). The highest BCUT2D eigenvalue weighted by Crippen LogP contribution is 2.29. The van der Waals surface area contributed by atoms with Crippen molar-refractivity contribution in [2.24, 2.45) is 0 Å². The highest BCUT2D eigenvalue weighted by atomic mass is 35.5. The maximum Gasteiger partial charge on any atom is 0.457 e. The summed E-state index contributed by atoms with van der Waals surface area (Å²) in [5, 5.41) is 3.09. The molecule has 1 aromatic carbocycles. The SMILES string of the molecule is O=c1n(F)nc(SC(Cl)Cl)n1-c1ccc(OC(F)C(F)(F)F)cc1. The molecule has 0 aliphatic carbocycles. The Balaban J connectivity index is 2.30. The van der Waals surface area contributed by atoms with E-state index in [-0.39, 0.29) is 10.8 Å². The van der Waals surface area contributed by atoms with E-state index >= 15 is 0 Å². The number of alkyl halides is 6. The fourth-order valence-electron chi connectivity index (χ4n) is 1.56. The van der Waals surface area contributed by atoms with E-state index in [9.17, 15) is 26.8 Å². The van der Waals surface area contributed by atoms with Crippen molar-refractivity contribution in [2.75, 3.05) is 0 Å². The number of rotatable bonds is 5. The van der Waals surface area contributed by atoms with Gasteiger partial charge in [-0.2, -0.15) is 17.6 Å². The van der Waals surface area contributed by atoms with Crippen LogP contribution >= 0.6 is 35.0 Å². The second kappa shape index (κ2) is 7.19. The molecule has 0 amide bonds. The van der Waals surface area contributed by atoms with Crippen molar-refractivity contribution in [3.05, 3.63) is 34.7 Å². The smallest absolute Gasteiger partial charge is 0.452 e. The van der Waals surface area contributed by atoms with Crippen LogP contribution in [0.1, 0.15) is 0 Å². The Morgan fingerprint density at radius 3 is 2.29 bits per heavy atom. The van der Waals surface area contributed by atoms with E-state index in [1.54, 1.807) is 0 Å². The second-order valence-electron chi connectivity index (χ2n) is 4.11. The molecular weight excluding hydrogens is 404 g/mol. The number of hydrogen-bond donors (Lipinski definition) is 0. The summed E-state index contributed by atoms with van der Waals surface area (Å²) in [5.41, 5.74) is -1.14. The Kier molecular flexibility index (Phi) is 5.66. The third kappa shape index (κ3) is 4.33. The molecule has 1 unspecified atom stereocenters. The fraction of sp³-hybridized carbons (Fsp3) is 0.273. The number of halogens is 7. The van der Waals surface area contributed by atoms with Crippen LogP contribution in [0.2, 0.25) is 0 Å². The number of benzene rings is 1. The van der Waals surface area contributed by atoms with E-state index in [0.717, 1.165) is 28.8 Å². The quantitative estimate of drug-likeness (QED) is 0.427.